The predicted molar refractivity (Wildman–Crippen MR) is 92.2 cm³/mol. The second kappa shape index (κ2) is 9.32. The van der Waals surface area contributed by atoms with Crippen molar-refractivity contribution in [1.29, 1.82) is 0 Å². The van der Waals surface area contributed by atoms with E-state index < -0.39 is 0 Å². The summed E-state index contributed by atoms with van der Waals surface area (Å²) in [6.45, 7) is 6.17. The van der Waals surface area contributed by atoms with Crippen molar-refractivity contribution in [3.8, 4) is 5.75 Å². The van der Waals surface area contributed by atoms with E-state index in [1.54, 1.807) is 12.3 Å². The van der Waals surface area contributed by atoms with Crippen LogP contribution in [0.1, 0.15) is 26.2 Å². The third kappa shape index (κ3) is 5.69. The zero-order valence-electron chi connectivity index (χ0n) is 13.2. The largest absolute Gasteiger partial charge is 0.458 e. The summed E-state index contributed by atoms with van der Waals surface area (Å²) in [5.41, 5.74) is 0.585. The van der Waals surface area contributed by atoms with Crippen molar-refractivity contribution in [1.82, 2.24) is 9.97 Å². The maximum absolute atomic E-state index is 12.1. The summed E-state index contributed by atoms with van der Waals surface area (Å²) in [5, 5.41) is 0.528. The van der Waals surface area contributed by atoms with E-state index >= 15 is 0 Å². The van der Waals surface area contributed by atoms with Gasteiger partial charge in [0.05, 0.1) is 12.8 Å². The van der Waals surface area contributed by atoms with Crippen molar-refractivity contribution in [2.75, 3.05) is 12.4 Å². The lowest BCUT2D eigenvalue weighted by Crippen LogP contribution is -2.27. The van der Waals surface area contributed by atoms with Crippen molar-refractivity contribution >= 4 is 18.0 Å². The van der Waals surface area contributed by atoms with E-state index in [1.165, 1.54) is 18.0 Å². The van der Waals surface area contributed by atoms with E-state index in [0.29, 0.717) is 17.5 Å². The Morgan fingerprint density at radius 3 is 3.17 bits per heavy atom. The molecule has 1 N–H and O–H groups in total. The van der Waals surface area contributed by atoms with Crippen molar-refractivity contribution in [3.63, 3.8) is 0 Å². The number of aromatic nitrogens is 2. The quantitative estimate of drug-likeness (QED) is 0.471. The average molecular weight is 335 g/mol. The molecule has 1 atom stereocenters. The van der Waals surface area contributed by atoms with Gasteiger partial charge in [-0.15, -0.1) is 0 Å². The van der Waals surface area contributed by atoms with Crippen LogP contribution in [0.4, 0.5) is 0 Å². The van der Waals surface area contributed by atoms with Gasteiger partial charge in [-0.3, -0.25) is 14.8 Å². The molecule has 23 heavy (non-hydrogen) atoms. The number of aliphatic imine (C=N–C) groups is 1. The van der Waals surface area contributed by atoms with Crippen LogP contribution in [-0.2, 0) is 4.74 Å². The molecule has 0 aliphatic carbocycles. The minimum absolute atomic E-state index is 0.192. The third-order valence-electron chi connectivity index (χ3n) is 3.18. The molecule has 0 spiro atoms. The van der Waals surface area contributed by atoms with E-state index in [9.17, 15) is 4.79 Å². The molecule has 0 radical (unpaired) electrons. The second-order valence-corrected chi connectivity index (χ2v) is 5.84. The van der Waals surface area contributed by atoms with Gasteiger partial charge < -0.3 is 9.47 Å². The molecule has 2 rings (SSSR count). The Bertz CT molecular complexity index is 634. The van der Waals surface area contributed by atoms with Crippen LogP contribution < -0.4 is 10.3 Å². The Morgan fingerprint density at radius 1 is 1.65 bits per heavy atom. The minimum atomic E-state index is -0.354. The van der Waals surface area contributed by atoms with E-state index in [1.807, 2.05) is 13.0 Å². The highest BCUT2D eigenvalue weighted by Gasteiger charge is 2.17. The molecule has 0 bridgehead atoms. The second-order valence-electron chi connectivity index (χ2n) is 4.88. The van der Waals surface area contributed by atoms with E-state index in [4.69, 9.17) is 9.47 Å². The molecule has 1 aliphatic rings. The summed E-state index contributed by atoms with van der Waals surface area (Å²) in [6, 6.07) is 0. The predicted octanol–water partition coefficient (Wildman–Crippen LogP) is 2.93. The first-order chi connectivity index (χ1) is 11.2. The fourth-order valence-electron chi connectivity index (χ4n) is 1.96. The summed E-state index contributed by atoms with van der Waals surface area (Å²) in [6.07, 6.45) is 9.12. The topological polar surface area (TPSA) is 76.6 Å². The highest BCUT2D eigenvalue weighted by Crippen LogP contribution is 2.19. The number of allylic oxidation sites excluding steroid dienone is 2. The number of H-pyrrole nitrogens is 1. The monoisotopic (exact) mass is 335 g/mol. The molecule has 124 valence electrons. The first-order valence-electron chi connectivity index (χ1n) is 7.53. The van der Waals surface area contributed by atoms with Crippen molar-refractivity contribution in [2.24, 2.45) is 4.99 Å². The van der Waals surface area contributed by atoms with Gasteiger partial charge in [0.15, 0.2) is 11.4 Å². The molecule has 1 aromatic heterocycles. The summed E-state index contributed by atoms with van der Waals surface area (Å²) >= 11 is 1.40. The summed E-state index contributed by atoms with van der Waals surface area (Å²) in [4.78, 5) is 23.2. The maximum atomic E-state index is 12.1. The Morgan fingerprint density at radius 2 is 2.52 bits per heavy atom. The minimum Gasteiger partial charge on any atom is -0.458 e. The molecule has 1 aromatic rings. The van der Waals surface area contributed by atoms with Crippen molar-refractivity contribution < 1.29 is 9.47 Å². The van der Waals surface area contributed by atoms with Crippen LogP contribution in [0.5, 0.6) is 5.75 Å². The van der Waals surface area contributed by atoms with E-state index in [0.717, 1.165) is 25.0 Å². The zero-order chi connectivity index (χ0) is 16.5. The van der Waals surface area contributed by atoms with Crippen LogP contribution in [0, 0.1) is 0 Å². The van der Waals surface area contributed by atoms with E-state index in [-0.39, 0.29) is 17.6 Å². The van der Waals surface area contributed by atoms with Crippen LogP contribution in [0.15, 0.2) is 45.6 Å². The first-order valence-corrected chi connectivity index (χ1v) is 8.52. The van der Waals surface area contributed by atoms with Gasteiger partial charge in [0.25, 0.3) is 5.56 Å². The van der Waals surface area contributed by atoms with Gasteiger partial charge in [-0.25, -0.2) is 4.98 Å². The molecule has 1 fully saturated rings. The Kier molecular flexibility index (Phi) is 7.09. The van der Waals surface area contributed by atoms with Gasteiger partial charge >= 0.3 is 0 Å². The summed E-state index contributed by atoms with van der Waals surface area (Å²) in [7, 11) is 0. The third-order valence-corrected chi connectivity index (χ3v) is 4.10. The Hall–Kier alpha value is -1.86. The summed E-state index contributed by atoms with van der Waals surface area (Å²) in [5.74, 6) is 0.799. The van der Waals surface area contributed by atoms with Crippen LogP contribution in [0.3, 0.4) is 0 Å². The highest BCUT2D eigenvalue weighted by atomic mass is 32.2. The zero-order valence-corrected chi connectivity index (χ0v) is 14.0. The molecular formula is C16H21N3O3S. The number of ether oxygens (including phenoxy) is 2. The lowest BCUT2D eigenvalue weighted by Gasteiger charge is -2.22. The van der Waals surface area contributed by atoms with Crippen molar-refractivity contribution in [3.05, 3.63) is 41.0 Å². The van der Waals surface area contributed by atoms with Gasteiger partial charge in [0.2, 0.25) is 5.75 Å². The Balaban J connectivity index is 1.94. The van der Waals surface area contributed by atoms with Gasteiger partial charge in [-0.05, 0) is 19.8 Å². The lowest BCUT2D eigenvalue weighted by molar-refractivity contribution is -0.106. The molecule has 1 unspecified atom stereocenters. The molecule has 1 saturated heterocycles. The number of nitrogens with one attached hydrogen (secondary N) is 1. The average Bonchev–Trinajstić information content (AvgIpc) is 2.58. The maximum Gasteiger partial charge on any atom is 0.294 e. The van der Waals surface area contributed by atoms with Crippen LogP contribution in [-0.4, -0.2) is 34.8 Å². The first kappa shape index (κ1) is 17.5. The lowest BCUT2D eigenvalue weighted by atomic mass is 10.2. The fraction of sp³-hybridized carbons (Fsp3) is 0.438. The van der Waals surface area contributed by atoms with Crippen LogP contribution in [0.2, 0.25) is 0 Å². The molecule has 2 heterocycles. The van der Waals surface area contributed by atoms with Gasteiger partial charge in [-0.2, -0.15) is 0 Å². The number of aromatic amines is 1. The normalized spacial score (nSPS) is 19.0. The van der Waals surface area contributed by atoms with Crippen LogP contribution >= 0.6 is 11.8 Å². The number of hydrogen-bond acceptors (Lipinski definition) is 6. The fourth-order valence-corrected chi connectivity index (χ4v) is 2.77. The smallest absolute Gasteiger partial charge is 0.294 e. The molecule has 0 amide bonds. The number of nitrogens with zero attached hydrogens (tertiary/aromatic N) is 2. The standard InChI is InChI=1S/C16H21N3O3S/c1-3-8-17-12(4-2)11-23-16-18-10-13(15(20)19-16)22-14-7-5-6-9-21-14/h3-4,8,10,14H,1,5-7,9,11H2,2H3,(H,18,19,20). The molecular weight excluding hydrogens is 314 g/mol. The highest BCUT2D eigenvalue weighted by molar-refractivity contribution is 7.99. The summed E-state index contributed by atoms with van der Waals surface area (Å²) < 4.78 is 11.0. The number of thioether (sulfide) groups is 1. The molecule has 7 heteroatoms. The molecule has 0 saturated carbocycles. The molecule has 1 aliphatic heterocycles. The molecule has 6 nitrogen and oxygen atoms in total. The van der Waals surface area contributed by atoms with Gasteiger partial charge in [0.1, 0.15) is 0 Å². The Labute approximate surface area is 139 Å². The number of rotatable bonds is 7. The van der Waals surface area contributed by atoms with Gasteiger partial charge in [0, 0.05) is 24.1 Å². The van der Waals surface area contributed by atoms with Crippen molar-refractivity contribution in [2.45, 2.75) is 37.6 Å². The molecule has 0 aromatic carbocycles. The SMILES string of the molecule is C=CC=NC(=CC)CSc1ncc(OC2CCCCO2)c(=O)[nH]1. The van der Waals surface area contributed by atoms with Crippen LogP contribution in [0.25, 0.3) is 0 Å². The van der Waals surface area contributed by atoms with E-state index in [2.05, 4.69) is 21.5 Å². The number of hydrogen-bond donors (Lipinski definition) is 1. The van der Waals surface area contributed by atoms with Gasteiger partial charge in [-0.1, -0.05) is 30.5 Å².